The van der Waals surface area contributed by atoms with Gasteiger partial charge >= 0.3 is 0 Å². The van der Waals surface area contributed by atoms with E-state index in [1.165, 1.54) is 44.9 Å². The number of allylic oxidation sites excluding steroid dienone is 1. The van der Waals surface area contributed by atoms with Crippen LogP contribution >= 0.6 is 15.9 Å². The minimum atomic E-state index is 1.17. The summed E-state index contributed by atoms with van der Waals surface area (Å²) in [4.78, 5) is 1.78. The van der Waals surface area contributed by atoms with Gasteiger partial charge in [0.05, 0.1) is 0 Å². The van der Waals surface area contributed by atoms with Crippen molar-refractivity contribution < 1.29 is 0 Å². The third-order valence-electron chi connectivity index (χ3n) is 1.88. The van der Waals surface area contributed by atoms with Crippen LogP contribution in [0.5, 0.6) is 0 Å². The van der Waals surface area contributed by atoms with Gasteiger partial charge in [-0.05, 0) is 18.9 Å². The molecule has 0 radical (unpaired) electrons. The lowest BCUT2D eigenvalue weighted by molar-refractivity contribution is 0.611. The molecule has 0 spiro atoms. The fraction of sp³-hybridized carbons (Fsp3) is 0.727. The summed E-state index contributed by atoms with van der Waals surface area (Å²) in [6, 6.07) is 0. The van der Waals surface area contributed by atoms with Gasteiger partial charge in [-0.1, -0.05) is 55.0 Å². The number of unbranched alkanes of at least 4 members (excludes halogenated alkanes) is 6. The Kier molecular flexibility index (Phi) is 11.0. The molecule has 0 aliphatic carbocycles. The zero-order valence-electron chi connectivity index (χ0n) is 7.98. The van der Waals surface area contributed by atoms with Crippen molar-refractivity contribution in [1.29, 1.82) is 0 Å². The molecule has 1 heteroatoms. The van der Waals surface area contributed by atoms with Gasteiger partial charge in [0.1, 0.15) is 0 Å². The van der Waals surface area contributed by atoms with Gasteiger partial charge in [-0.15, -0.1) is 5.73 Å². The summed E-state index contributed by atoms with van der Waals surface area (Å²) in [5.41, 5.74) is 3.02. The van der Waals surface area contributed by atoms with E-state index >= 15 is 0 Å². The molecule has 0 aliphatic heterocycles. The van der Waals surface area contributed by atoms with E-state index < -0.39 is 0 Å². The van der Waals surface area contributed by atoms with Gasteiger partial charge in [0.25, 0.3) is 0 Å². The molecular weight excluding hydrogens is 212 g/mol. The van der Waals surface area contributed by atoms with Gasteiger partial charge in [-0.2, -0.15) is 0 Å². The highest BCUT2D eigenvalue weighted by atomic mass is 79.9. The standard InChI is InChI=1S/C11H19Br/c1-2-3-4-5-6-7-8-9-10-11-12/h9,11H,2-8H2,1H3. The lowest BCUT2D eigenvalue weighted by Gasteiger charge is -1.96. The minimum absolute atomic E-state index is 1.17. The highest BCUT2D eigenvalue weighted by Crippen LogP contribution is 2.06. The Labute approximate surface area is 84.9 Å². The molecule has 0 aromatic carbocycles. The van der Waals surface area contributed by atoms with Crippen LogP contribution in [0.15, 0.2) is 16.8 Å². The second kappa shape index (κ2) is 11.0. The van der Waals surface area contributed by atoms with E-state index in [1.807, 2.05) is 0 Å². The zero-order chi connectivity index (χ0) is 9.07. The summed E-state index contributed by atoms with van der Waals surface area (Å²) in [7, 11) is 0. The first-order valence-electron chi connectivity index (χ1n) is 4.91. The first-order valence-corrected chi connectivity index (χ1v) is 5.83. The van der Waals surface area contributed by atoms with Crippen molar-refractivity contribution in [3.8, 4) is 0 Å². The monoisotopic (exact) mass is 230 g/mol. The van der Waals surface area contributed by atoms with Crippen molar-refractivity contribution >= 4 is 15.9 Å². The van der Waals surface area contributed by atoms with Gasteiger partial charge in [-0.25, -0.2) is 0 Å². The van der Waals surface area contributed by atoms with Crippen LogP contribution in [0.1, 0.15) is 51.9 Å². The maximum absolute atomic E-state index is 3.19. The van der Waals surface area contributed by atoms with Crippen LogP contribution in [0, 0.1) is 0 Å². The van der Waals surface area contributed by atoms with E-state index in [1.54, 1.807) is 4.99 Å². The Hall–Kier alpha value is 0. The average Bonchev–Trinajstić information content (AvgIpc) is 2.10. The molecular formula is C11H19Br. The molecule has 0 bridgehead atoms. The molecule has 0 N–H and O–H groups in total. The van der Waals surface area contributed by atoms with Gasteiger partial charge in [-0.3, -0.25) is 0 Å². The molecule has 0 saturated carbocycles. The van der Waals surface area contributed by atoms with Crippen molar-refractivity contribution in [2.24, 2.45) is 0 Å². The molecule has 0 saturated heterocycles. The Morgan fingerprint density at radius 3 is 2.42 bits per heavy atom. The van der Waals surface area contributed by atoms with Crippen molar-refractivity contribution in [2.75, 3.05) is 0 Å². The second-order valence-electron chi connectivity index (χ2n) is 3.04. The molecule has 0 aliphatic rings. The van der Waals surface area contributed by atoms with E-state index in [2.05, 4.69) is 34.7 Å². The van der Waals surface area contributed by atoms with Crippen LogP contribution in [-0.2, 0) is 0 Å². The molecule has 0 nitrogen and oxygen atoms in total. The van der Waals surface area contributed by atoms with Crippen molar-refractivity contribution in [3.63, 3.8) is 0 Å². The number of hydrogen-bond donors (Lipinski definition) is 0. The smallest absolute Gasteiger partial charge is 0.0228 e. The fourth-order valence-corrected chi connectivity index (χ4v) is 1.34. The van der Waals surface area contributed by atoms with Crippen LogP contribution < -0.4 is 0 Å². The molecule has 0 unspecified atom stereocenters. The van der Waals surface area contributed by atoms with Gasteiger partial charge in [0.15, 0.2) is 0 Å². The van der Waals surface area contributed by atoms with Crippen molar-refractivity contribution in [2.45, 2.75) is 51.9 Å². The maximum atomic E-state index is 3.19. The fourth-order valence-electron chi connectivity index (χ4n) is 1.15. The van der Waals surface area contributed by atoms with E-state index in [0.717, 1.165) is 0 Å². The van der Waals surface area contributed by atoms with Crippen molar-refractivity contribution in [1.82, 2.24) is 0 Å². The van der Waals surface area contributed by atoms with Crippen LogP contribution in [0.4, 0.5) is 0 Å². The predicted octanol–water partition coefficient (Wildman–Crippen LogP) is 4.80. The molecule has 70 valence electrons. The molecule has 12 heavy (non-hydrogen) atoms. The molecule has 0 heterocycles. The molecule has 0 aromatic heterocycles. The lowest BCUT2D eigenvalue weighted by Crippen LogP contribution is -1.76. The Bertz CT molecular complexity index is 132. The number of rotatable bonds is 7. The van der Waals surface area contributed by atoms with E-state index in [0.29, 0.717) is 0 Å². The van der Waals surface area contributed by atoms with Gasteiger partial charge < -0.3 is 0 Å². The highest BCUT2D eigenvalue weighted by Gasteiger charge is 1.87. The first kappa shape index (κ1) is 12.0. The summed E-state index contributed by atoms with van der Waals surface area (Å²) in [6.45, 7) is 2.25. The number of halogens is 1. The molecule has 0 amide bonds. The normalized spacial score (nSPS) is 9.17. The molecule has 0 fully saturated rings. The average molecular weight is 231 g/mol. The quantitative estimate of drug-likeness (QED) is 0.436. The van der Waals surface area contributed by atoms with E-state index in [-0.39, 0.29) is 0 Å². The van der Waals surface area contributed by atoms with Crippen LogP contribution in [0.3, 0.4) is 0 Å². The maximum Gasteiger partial charge on any atom is 0.0228 e. The summed E-state index contributed by atoms with van der Waals surface area (Å²) in [5.74, 6) is 0. The van der Waals surface area contributed by atoms with Gasteiger partial charge in [0, 0.05) is 4.99 Å². The predicted molar refractivity (Wildman–Crippen MR) is 59.6 cm³/mol. The SMILES string of the molecule is CCCCCCCCC=C=CBr. The van der Waals surface area contributed by atoms with E-state index in [9.17, 15) is 0 Å². The number of hydrogen-bond acceptors (Lipinski definition) is 0. The van der Waals surface area contributed by atoms with E-state index in [4.69, 9.17) is 0 Å². The lowest BCUT2D eigenvalue weighted by atomic mass is 10.1. The first-order chi connectivity index (χ1) is 5.91. The Balaban J connectivity index is 2.96. The Morgan fingerprint density at radius 1 is 1.08 bits per heavy atom. The minimum Gasteiger partial charge on any atom is -0.118 e. The summed E-state index contributed by atoms with van der Waals surface area (Å²) < 4.78 is 0. The largest absolute Gasteiger partial charge is 0.118 e. The Morgan fingerprint density at radius 2 is 1.75 bits per heavy atom. The third-order valence-corrected chi connectivity index (χ3v) is 2.15. The van der Waals surface area contributed by atoms with Gasteiger partial charge in [0.2, 0.25) is 0 Å². The summed E-state index contributed by atoms with van der Waals surface area (Å²) in [5, 5.41) is 0. The molecule has 0 aromatic rings. The van der Waals surface area contributed by atoms with Crippen molar-refractivity contribution in [3.05, 3.63) is 16.8 Å². The highest BCUT2D eigenvalue weighted by molar-refractivity contribution is 9.11. The third kappa shape index (κ3) is 10.0. The topological polar surface area (TPSA) is 0 Å². The van der Waals surface area contributed by atoms with Crippen LogP contribution in [-0.4, -0.2) is 0 Å². The molecule has 0 rings (SSSR count). The van der Waals surface area contributed by atoms with Crippen LogP contribution in [0.25, 0.3) is 0 Å². The second-order valence-corrected chi connectivity index (χ2v) is 3.49. The molecule has 0 atom stereocenters. The zero-order valence-corrected chi connectivity index (χ0v) is 9.57. The van der Waals surface area contributed by atoms with Crippen LogP contribution in [0.2, 0.25) is 0 Å². The summed E-state index contributed by atoms with van der Waals surface area (Å²) >= 11 is 3.19. The summed E-state index contributed by atoms with van der Waals surface area (Å²) in [6.07, 6.45) is 11.5.